The Hall–Kier alpha value is -0.370. The van der Waals surface area contributed by atoms with Gasteiger partial charge in [-0.25, -0.2) is 0 Å². The molecule has 0 aromatic heterocycles. The minimum absolute atomic E-state index is 0.363. The molecular formula is C9H18O2. The van der Waals surface area contributed by atoms with Gasteiger partial charge in [0, 0.05) is 5.41 Å². The summed E-state index contributed by atoms with van der Waals surface area (Å²) in [6.45, 7) is 7.28. The van der Waals surface area contributed by atoms with E-state index in [1.54, 1.807) is 13.8 Å². The number of carbonyl (C=O) groups is 1. The number of aliphatic hydroxyl groups is 1. The second-order valence-electron chi connectivity index (χ2n) is 4.11. The zero-order chi connectivity index (χ0) is 9.12. The van der Waals surface area contributed by atoms with Crippen LogP contribution in [0.4, 0.5) is 0 Å². The summed E-state index contributed by atoms with van der Waals surface area (Å²) in [4.78, 5) is 10.6. The van der Waals surface area contributed by atoms with Gasteiger partial charge in [0.15, 0.2) is 0 Å². The molecular weight excluding hydrogens is 140 g/mol. The lowest BCUT2D eigenvalue weighted by atomic mass is 9.79. The third kappa shape index (κ3) is 4.14. The van der Waals surface area contributed by atoms with Crippen molar-refractivity contribution in [2.75, 3.05) is 0 Å². The summed E-state index contributed by atoms with van der Waals surface area (Å²) in [5.74, 6) is 0. The molecule has 2 heteroatoms. The molecule has 0 aromatic rings. The first-order valence-corrected chi connectivity index (χ1v) is 4.02. The number of carbonyl (C=O) groups excluding carboxylic acids is 1. The highest BCUT2D eigenvalue weighted by Crippen LogP contribution is 2.28. The molecule has 0 aliphatic rings. The molecule has 1 atom stereocenters. The lowest BCUT2D eigenvalue weighted by molar-refractivity contribution is -0.118. The van der Waals surface area contributed by atoms with Crippen molar-refractivity contribution in [2.45, 2.75) is 46.1 Å². The van der Waals surface area contributed by atoms with Crippen LogP contribution in [0.15, 0.2) is 0 Å². The van der Waals surface area contributed by atoms with Gasteiger partial charge in [-0.3, -0.25) is 0 Å². The van der Waals surface area contributed by atoms with E-state index in [0.717, 1.165) is 12.7 Å². The van der Waals surface area contributed by atoms with Gasteiger partial charge in [0.25, 0.3) is 0 Å². The average molecular weight is 158 g/mol. The van der Waals surface area contributed by atoms with Crippen LogP contribution in [0.2, 0.25) is 0 Å². The molecule has 0 amide bonds. The van der Waals surface area contributed by atoms with Crippen LogP contribution < -0.4 is 0 Å². The van der Waals surface area contributed by atoms with E-state index < -0.39 is 5.60 Å². The number of hydrogen-bond acceptors (Lipinski definition) is 2. The van der Waals surface area contributed by atoms with Crippen molar-refractivity contribution in [1.82, 2.24) is 0 Å². The fraction of sp³-hybridized carbons (Fsp3) is 0.889. The van der Waals surface area contributed by atoms with Gasteiger partial charge in [0.1, 0.15) is 6.29 Å². The lowest BCUT2D eigenvalue weighted by Crippen LogP contribution is -2.30. The molecule has 0 aliphatic heterocycles. The summed E-state index contributed by atoms with van der Waals surface area (Å²) in [7, 11) is 0. The highest BCUT2D eigenvalue weighted by Gasteiger charge is 2.28. The van der Waals surface area contributed by atoms with Gasteiger partial charge in [0.05, 0.1) is 5.60 Å². The molecule has 0 aliphatic carbocycles. The van der Waals surface area contributed by atoms with Gasteiger partial charge in [-0.05, 0) is 26.7 Å². The zero-order valence-electron chi connectivity index (χ0n) is 7.85. The first-order valence-electron chi connectivity index (χ1n) is 4.02. The average Bonchev–Trinajstić information content (AvgIpc) is 1.84. The Morgan fingerprint density at radius 3 is 1.91 bits per heavy atom. The molecule has 0 rings (SSSR count). The molecule has 0 radical (unpaired) electrons. The fourth-order valence-corrected chi connectivity index (χ4v) is 1.24. The van der Waals surface area contributed by atoms with Gasteiger partial charge >= 0.3 is 0 Å². The van der Waals surface area contributed by atoms with Crippen molar-refractivity contribution in [3.8, 4) is 0 Å². The summed E-state index contributed by atoms with van der Waals surface area (Å²) >= 11 is 0. The largest absolute Gasteiger partial charge is 0.390 e. The second kappa shape index (κ2) is 3.35. The first-order chi connectivity index (χ1) is 4.83. The minimum atomic E-state index is -0.744. The van der Waals surface area contributed by atoms with Gasteiger partial charge in [0.2, 0.25) is 0 Å². The Bertz CT molecular complexity index is 135. The monoisotopic (exact) mass is 158 g/mol. The maximum atomic E-state index is 10.6. The molecule has 0 spiro atoms. The quantitative estimate of drug-likeness (QED) is 0.633. The Morgan fingerprint density at radius 2 is 1.82 bits per heavy atom. The standard InChI is InChI=1S/C9H18O2/c1-5-9(4,7-10)6-8(2,3)11/h7,11H,5-6H2,1-4H3. The van der Waals surface area contributed by atoms with Crippen molar-refractivity contribution < 1.29 is 9.90 Å². The Kier molecular flexibility index (Phi) is 3.24. The van der Waals surface area contributed by atoms with Crippen molar-refractivity contribution in [1.29, 1.82) is 0 Å². The minimum Gasteiger partial charge on any atom is -0.390 e. The van der Waals surface area contributed by atoms with Crippen LogP contribution >= 0.6 is 0 Å². The second-order valence-corrected chi connectivity index (χ2v) is 4.11. The van der Waals surface area contributed by atoms with Gasteiger partial charge in [-0.1, -0.05) is 13.8 Å². The van der Waals surface area contributed by atoms with Gasteiger partial charge in [-0.15, -0.1) is 0 Å². The van der Waals surface area contributed by atoms with E-state index in [1.807, 2.05) is 13.8 Å². The molecule has 2 nitrogen and oxygen atoms in total. The predicted octanol–water partition coefficient (Wildman–Crippen LogP) is 1.76. The van der Waals surface area contributed by atoms with E-state index in [0.29, 0.717) is 6.42 Å². The molecule has 0 fully saturated rings. The van der Waals surface area contributed by atoms with Gasteiger partial charge < -0.3 is 9.90 Å². The van der Waals surface area contributed by atoms with Crippen molar-refractivity contribution >= 4 is 6.29 Å². The van der Waals surface area contributed by atoms with Crippen LogP contribution in [0.5, 0.6) is 0 Å². The first kappa shape index (κ1) is 10.6. The van der Waals surface area contributed by atoms with Crippen molar-refractivity contribution in [2.24, 2.45) is 5.41 Å². The van der Waals surface area contributed by atoms with E-state index in [9.17, 15) is 9.90 Å². The van der Waals surface area contributed by atoms with Crippen molar-refractivity contribution in [3.63, 3.8) is 0 Å². The number of hydrogen-bond donors (Lipinski definition) is 1. The van der Waals surface area contributed by atoms with Crippen LogP contribution in [-0.2, 0) is 4.79 Å². The molecule has 0 saturated carbocycles. The molecule has 0 saturated heterocycles. The summed E-state index contributed by atoms with van der Waals surface area (Å²) < 4.78 is 0. The van der Waals surface area contributed by atoms with Crippen LogP contribution in [-0.4, -0.2) is 17.0 Å². The molecule has 0 aromatic carbocycles. The fourth-order valence-electron chi connectivity index (χ4n) is 1.24. The Morgan fingerprint density at radius 1 is 1.36 bits per heavy atom. The molecule has 66 valence electrons. The number of aldehydes is 1. The topological polar surface area (TPSA) is 37.3 Å². The highest BCUT2D eigenvalue weighted by molar-refractivity contribution is 5.58. The molecule has 11 heavy (non-hydrogen) atoms. The van der Waals surface area contributed by atoms with E-state index in [-0.39, 0.29) is 5.41 Å². The van der Waals surface area contributed by atoms with Crippen LogP contribution in [0.25, 0.3) is 0 Å². The molecule has 0 heterocycles. The van der Waals surface area contributed by atoms with Crippen LogP contribution in [0, 0.1) is 5.41 Å². The summed E-state index contributed by atoms with van der Waals surface area (Å²) in [6.07, 6.45) is 2.24. The Labute approximate surface area is 68.6 Å². The zero-order valence-corrected chi connectivity index (χ0v) is 7.85. The highest BCUT2D eigenvalue weighted by atomic mass is 16.3. The maximum Gasteiger partial charge on any atom is 0.125 e. The third-order valence-electron chi connectivity index (χ3n) is 1.93. The van der Waals surface area contributed by atoms with Crippen molar-refractivity contribution in [3.05, 3.63) is 0 Å². The van der Waals surface area contributed by atoms with Crippen LogP contribution in [0.3, 0.4) is 0 Å². The molecule has 1 unspecified atom stereocenters. The maximum absolute atomic E-state index is 10.6. The smallest absolute Gasteiger partial charge is 0.125 e. The van der Waals surface area contributed by atoms with E-state index in [4.69, 9.17) is 0 Å². The van der Waals surface area contributed by atoms with E-state index >= 15 is 0 Å². The summed E-state index contributed by atoms with van der Waals surface area (Å²) in [6, 6.07) is 0. The lowest BCUT2D eigenvalue weighted by Gasteiger charge is -2.28. The van der Waals surface area contributed by atoms with Gasteiger partial charge in [-0.2, -0.15) is 0 Å². The Balaban J connectivity index is 4.19. The predicted molar refractivity (Wildman–Crippen MR) is 45.4 cm³/mol. The van der Waals surface area contributed by atoms with E-state index in [1.165, 1.54) is 0 Å². The van der Waals surface area contributed by atoms with E-state index in [2.05, 4.69) is 0 Å². The molecule has 1 N–H and O–H groups in total. The summed E-state index contributed by atoms with van der Waals surface area (Å²) in [5, 5.41) is 9.46. The third-order valence-corrected chi connectivity index (χ3v) is 1.93. The number of rotatable bonds is 4. The SMILES string of the molecule is CCC(C)(C=O)CC(C)(C)O. The normalized spacial score (nSPS) is 17.5. The van der Waals surface area contributed by atoms with Crippen LogP contribution in [0.1, 0.15) is 40.5 Å². The summed E-state index contributed by atoms with van der Waals surface area (Å²) in [5.41, 5.74) is -1.11. The molecule has 0 bridgehead atoms.